The SMILES string of the molecule is COc1ccc(OCCCNCCCOc2ccc(OC)cc2)cc1. The lowest BCUT2D eigenvalue weighted by Gasteiger charge is -2.09. The van der Waals surface area contributed by atoms with E-state index in [1.54, 1.807) is 14.2 Å². The molecule has 136 valence electrons. The summed E-state index contributed by atoms with van der Waals surface area (Å²) in [6, 6.07) is 15.3. The lowest BCUT2D eigenvalue weighted by molar-refractivity contribution is 0.297. The zero-order valence-electron chi connectivity index (χ0n) is 15.0. The highest BCUT2D eigenvalue weighted by Gasteiger charge is 1.97. The third-order valence-electron chi connectivity index (χ3n) is 3.65. The van der Waals surface area contributed by atoms with E-state index < -0.39 is 0 Å². The fraction of sp³-hybridized carbons (Fsp3) is 0.400. The van der Waals surface area contributed by atoms with Gasteiger partial charge in [0.1, 0.15) is 23.0 Å². The zero-order valence-corrected chi connectivity index (χ0v) is 15.0. The maximum atomic E-state index is 5.68. The average Bonchev–Trinajstić information content (AvgIpc) is 2.67. The molecule has 2 aromatic carbocycles. The topological polar surface area (TPSA) is 49.0 Å². The van der Waals surface area contributed by atoms with E-state index in [0.717, 1.165) is 48.9 Å². The minimum Gasteiger partial charge on any atom is -0.497 e. The van der Waals surface area contributed by atoms with Crippen LogP contribution in [-0.2, 0) is 0 Å². The standard InChI is InChI=1S/C20H27NO4/c1-22-17-5-9-19(10-6-17)24-15-3-13-21-14-4-16-25-20-11-7-18(23-2)8-12-20/h5-12,21H,3-4,13-16H2,1-2H3. The van der Waals surface area contributed by atoms with E-state index in [2.05, 4.69) is 5.32 Å². The van der Waals surface area contributed by atoms with E-state index in [1.807, 2.05) is 48.5 Å². The third-order valence-corrected chi connectivity index (χ3v) is 3.65. The van der Waals surface area contributed by atoms with Gasteiger partial charge < -0.3 is 24.3 Å². The van der Waals surface area contributed by atoms with E-state index in [1.165, 1.54) is 0 Å². The summed E-state index contributed by atoms with van der Waals surface area (Å²) in [7, 11) is 3.31. The Hall–Kier alpha value is -2.40. The highest BCUT2D eigenvalue weighted by Crippen LogP contribution is 2.17. The first-order valence-corrected chi connectivity index (χ1v) is 8.56. The summed E-state index contributed by atoms with van der Waals surface area (Å²) in [5, 5.41) is 3.39. The maximum Gasteiger partial charge on any atom is 0.119 e. The number of hydrogen-bond acceptors (Lipinski definition) is 5. The number of hydrogen-bond donors (Lipinski definition) is 1. The van der Waals surface area contributed by atoms with Crippen LogP contribution in [0.5, 0.6) is 23.0 Å². The maximum absolute atomic E-state index is 5.68. The Kier molecular flexibility index (Phi) is 8.49. The van der Waals surface area contributed by atoms with Gasteiger partial charge in [-0.25, -0.2) is 0 Å². The van der Waals surface area contributed by atoms with Crippen LogP contribution in [0.25, 0.3) is 0 Å². The van der Waals surface area contributed by atoms with Crippen molar-refractivity contribution in [2.75, 3.05) is 40.5 Å². The van der Waals surface area contributed by atoms with Gasteiger partial charge in [0.05, 0.1) is 27.4 Å². The molecule has 0 aliphatic carbocycles. The molecule has 0 aliphatic rings. The van der Waals surface area contributed by atoms with Gasteiger partial charge in [0.25, 0.3) is 0 Å². The van der Waals surface area contributed by atoms with Gasteiger partial charge in [-0.2, -0.15) is 0 Å². The lowest BCUT2D eigenvalue weighted by Crippen LogP contribution is -2.20. The second kappa shape index (κ2) is 11.2. The van der Waals surface area contributed by atoms with Crippen LogP contribution in [0.15, 0.2) is 48.5 Å². The molecule has 5 heteroatoms. The van der Waals surface area contributed by atoms with Gasteiger partial charge in [-0.15, -0.1) is 0 Å². The summed E-state index contributed by atoms with van der Waals surface area (Å²) < 4.78 is 21.6. The molecule has 0 radical (unpaired) electrons. The van der Waals surface area contributed by atoms with Crippen molar-refractivity contribution in [3.63, 3.8) is 0 Å². The highest BCUT2D eigenvalue weighted by molar-refractivity contribution is 5.31. The highest BCUT2D eigenvalue weighted by atomic mass is 16.5. The van der Waals surface area contributed by atoms with Crippen LogP contribution in [0.2, 0.25) is 0 Å². The molecule has 1 N–H and O–H groups in total. The van der Waals surface area contributed by atoms with Gasteiger partial charge in [0, 0.05) is 0 Å². The van der Waals surface area contributed by atoms with Crippen molar-refractivity contribution in [1.29, 1.82) is 0 Å². The monoisotopic (exact) mass is 345 g/mol. The number of benzene rings is 2. The number of ether oxygens (including phenoxy) is 4. The predicted molar refractivity (Wildman–Crippen MR) is 99.1 cm³/mol. The van der Waals surface area contributed by atoms with Crippen LogP contribution in [0.1, 0.15) is 12.8 Å². The molecule has 0 spiro atoms. The number of nitrogens with one attached hydrogen (secondary N) is 1. The molecule has 0 unspecified atom stereocenters. The smallest absolute Gasteiger partial charge is 0.119 e. The minimum absolute atomic E-state index is 0.696. The Morgan fingerprint density at radius 2 is 0.960 bits per heavy atom. The molecule has 0 heterocycles. The first kappa shape index (κ1) is 18.9. The van der Waals surface area contributed by atoms with Gasteiger partial charge in [0.2, 0.25) is 0 Å². The van der Waals surface area contributed by atoms with Crippen molar-refractivity contribution in [3.05, 3.63) is 48.5 Å². The molecule has 5 nitrogen and oxygen atoms in total. The van der Waals surface area contributed by atoms with Gasteiger partial charge in [0.15, 0.2) is 0 Å². The summed E-state index contributed by atoms with van der Waals surface area (Å²) in [6.45, 7) is 3.25. The van der Waals surface area contributed by atoms with Crippen molar-refractivity contribution in [2.45, 2.75) is 12.8 Å². The van der Waals surface area contributed by atoms with Gasteiger partial charge >= 0.3 is 0 Å². The summed E-state index contributed by atoms with van der Waals surface area (Å²) >= 11 is 0. The van der Waals surface area contributed by atoms with Crippen molar-refractivity contribution in [2.24, 2.45) is 0 Å². The molecule has 0 bridgehead atoms. The first-order valence-electron chi connectivity index (χ1n) is 8.56. The fourth-order valence-electron chi connectivity index (χ4n) is 2.24. The van der Waals surface area contributed by atoms with Crippen LogP contribution in [-0.4, -0.2) is 40.5 Å². The molecule has 0 atom stereocenters. The van der Waals surface area contributed by atoms with E-state index >= 15 is 0 Å². The second-order valence-electron chi connectivity index (χ2n) is 5.51. The molecular weight excluding hydrogens is 318 g/mol. The Morgan fingerprint density at radius 3 is 1.32 bits per heavy atom. The Balaban J connectivity index is 1.45. The molecule has 0 saturated carbocycles. The van der Waals surface area contributed by atoms with E-state index in [9.17, 15) is 0 Å². The average molecular weight is 345 g/mol. The Labute approximate surface area is 149 Å². The van der Waals surface area contributed by atoms with Crippen LogP contribution in [0.4, 0.5) is 0 Å². The summed E-state index contributed by atoms with van der Waals surface area (Å²) in [4.78, 5) is 0. The molecule has 25 heavy (non-hydrogen) atoms. The van der Waals surface area contributed by atoms with Gasteiger partial charge in [-0.3, -0.25) is 0 Å². The Bertz CT molecular complexity index is 530. The van der Waals surface area contributed by atoms with E-state index in [4.69, 9.17) is 18.9 Å². The van der Waals surface area contributed by atoms with Crippen molar-refractivity contribution < 1.29 is 18.9 Å². The molecule has 0 fully saturated rings. The molecule has 0 saturated heterocycles. The van der Waals surface area contributed by atoms with Crippen LogP contribution in [0, 0.1) is 0 Å². The lowest BCUT2D eigenvalue weighted by atomic mass is 10.3. The van der Waals surface area contributed by atoms with Crippen LogP contribution < -0.4 is 24.3 Å². The molecule has 2 rings (SSSR count). The molecule has 0 amide bonds. The van der Waals surface area contributed by atoms with Crippen molar-refractivity contribution in [1.82, 2.24) is 5.32 Å². The zero-order chi connectivity index (χ0) is 17.7. The van der Waals surface area contributed by atoms with Crippen LogP contribution >= 0.6 is 0 Å². The predicted octanol–water partition coefficient (Wildman–Crippen LogP) is 3.53. The van der Waals surface area contributed by atoms with Crippen molar-refractivity contribution in [3.8, 4) is 23.0 Å². The molecular formula is C20H27NO4. The van der Waals surface area contributed by atoms with Gasteiger partial charge in [-0.05, 0) is 74.5 Å². The molecule has 0 aromatic heterocycles. The van der Waals surface area contributed by atoms with E-state index in [-0.39, 0.29) is 0 Å². The summed E-state index contributed by atoms with van der Waals surface area (Å²) in [5.41, 5.74) is 0. The summed E-state index contributed by atoms with van der Waals surface area (Å²) in [6.07, 6.45) is 1.93. The number of rotatable bonds is 12. The van der Waals surface area contributed by atoms with E-state index in [0.29, 0.717) is 13.2 Å². The fourth-order valence-corrected chi connectivity index (χ4v) is 2.24. The number of methoxy groups -OCH3 is 2. The third kappa shape index (κ3) is 7.35. The van der Waals surface area contributed by atoms with Crippen molar-refractivity contribution >= 4 is 0 Å². The molecule has 2 aromatic rings. The molecule has 0 aliphatic heterocycles. The van der Waals surface area contributed by atoms with Gasteiger partial charge in [-0.1, -0.05) is 0 Å². The van der Waals surface area contributed by atoms with Crippen LogP contribution in [0.3, 0.4) is 0 Å². The Morgan fingerprint density at radius 1 is 0.600 bits per heavy atom. The first-order chi connectivity index (χ1) is 12.3. The minimum atomic E-state index is 0.696. The quantitative estimate of drug-likeness (QED) is 0.596. The summed E-state index contributed by atoms with van der Waals surface area (Å²) in [5.74, 6) is 3.42. The largest absolute Gasteiger partial charge is 0.497 e. The second-order valence-corrected chi connectivity index (χ2v) is 5.51. The normalized spacial score (nSPS) is 10.3.